The minimum Gasteiger partial charge on any atom is -0.404 e. The second-order valence-corrected chi connectivity index (χ2v) is 2.67. The summed E-state index contributed by atoms with van der Waals surface area (Å²) in [7, 11) is 0. The highest BCUT2D eigenvalue weighted by Gasteiger charge is 1.99. The van der Waals surface area contributed by atoms with Crippen LogP contribution in [0, 0.1) is 5.41 Å². The first-order chi connectivity index (χ1) is 6.31. The van der Waals surface area contributed by atoms with Gasteiger partial charge in [0.25, 0.3) is 0 Å². The molecule has 0 unspecified atom stereocenters. The van der Waals surface area contributed by atoms with E-state index in [-0.39, 0.29) is 0 Å². The van der Waals surface area contributed by atoms with Crippen molar-refractivity contribution in [2.24, 2.45) is 5.73 Å². The Morgan fingerprint density at radius 2 is 2.46 bits per heavy atom. The number of hydrogen-bond donors (Lipinski definition) is 2. The van der Waals surface area contributed by atoms with Gasteiger partial charge in [-0.3, -0.25) is 4.98 Å². The van der Waals surface area contributed by atoms with Gasteiger partial charge in [0.1, 0.15) is 0 Å². The molecule has 0 saturated heterocycles. The Morgan fingerprint density at radius 3 is 3.00 bits per heavy atom. The number of nitrogens with two attached hydrogens (primary N) is 1. The van der Waals surface area contributed by atoms with E-state index in [0.29, 0.717) is 5.57 Å². The Kier molecular flexibility index (Phi) is 3.20. The number of aromatic nitrogens is 1. The molecule has 0 aromatic carbocycles. The fourth-order valence-corrected chi connectivity index (χ4v) is 1.06. The maximum atomic E-state index is 7.11. The van der Waals surface area contributed by atoms with Crippen molar-refractivity contribution < 1.29 is 0 Å². The van der Waals surface area contributed by atoms with Gasteiger partial charge in [0.2, 0.25) is 0 Å². The Hall–Kier alpha value is -1.64. The summed E-state index contributed by atoms with van der Waals surface area (Å²) >= 11 is 0. The Bertz CT molecular complexity index is 329. The van der Waals surface area contributed by atoms with Crippen molar-refractivity contribution in [1.82, 2.24) is 4.98 Å². The molecule has 0 spiro atoms. The van der Waals surface area contributed by atoms with E-state index in [9.17, 15) is 0 Å². The van der Waals surface area contributed by atoms with E-state index in [2.05, 4.69) is 11.9 Å². The van der Waals surface area contributed by atoms with Crippen LogP contribution >= 0.6 is 0 Å². The zero-order valence-electron chi connectivity index (χ0n) is 7.62. The van der Waals surface area contributed by atoms with E-state index in [0.717, 1.165) is 12.1 Å². The average molecular weight is 175 g/mol. The quantitative estimate of drug-likeness (QED) is 0.685. The summed E-state index contributed by atoms with van der Waals surface area (Å²) in [6.07, 6.45) is 5.31. The summed E-state index contributed by atoms with van der Waals surface area (Å²) in [5, 5.41) is 7.11. The van der Waals surface area contributed by atoms with Crippen LogP contribution in [-0.2, 0) is 6.42 Å². The third kappa shape index (κ3) is 2.15. The van der Waals surface area contributed by atoms with Crippen LogP contribution in [0.15, 0.2) is 24.5 Å². The Balaban J connectivity index is 3.07. The highest BCUT2D eigenvalue weighted by Crippen LogP contribution is 2.10. The molecule has 0 atom stereocenters. The van der Waals surface area contributed by atoms with E-state index in [4.69, 9.17) is 11.1 Å². The SMILES string of the molecule is CCc1ccnc(/C(C=N)=C/N)c1. The molecule has 0 saturated carbocycles. The lowest BCUT2D eigenvalue weighted by Gasteiger charge is -2.01. The number of rotatable bonds is 3. The standard InChI is InChI=1S/C10H13N3/c1-2-8-3-4-13-10(5-8)9(6-11)7-12/h3-7,11H,2,12H2,1H3/b9-7+,11-6?. The predicted molar refractivity (Wildman–Crippen MR) is 54.6 cm³/mol. The van der Waals surface area contributed by atoms with Gasteiger partial charge >= 0.3 is 0 Å². The van der Waals surface area contributed by atoms with Crippen LogP contribution in [-0.4, -0.2) is 11.2 Å². The molecule has 0 aliphatic rings. The van der Waals surface area contributed by atoms with Gasteiger partial charge in [0, 0.05) is 24.2 Å². The van der Waals surface area contributed by atoms with Gasteiger partial charge in [-0.25, -0.2) is 0 Å². The molecule has 1 heterocycles. The number of pyridine rings is 1. The number of aryl methyl sites for hydroxylation is 1. The minimum absolute atomic E-state index is 0.648. The van der Waals surface area contributed by atoms with E-state index < -0.39 is 0 Å². The van der Waals surface area contributed by atoms with Gasteiger partial charge in [0.15, 0.2) is 0 Å². The van der Waals surface area contributed by atoms with Crippen LogP contribution in [0.4, 0.5) is 0 Å². The Morgan fingerprint density at radius 1 is 1.69 bits per heavy atom. The van der Waals surface area contributed by atoms with Gasteiger partial charge < -0.3 is 11.1 Å². The predicted octanol–water partition coefficient (Wildman–Crippen LogP) is 1.59. The van der Waals surface area contributed by atoms with Crippen molar-refractivity contribution in [2.75, 3.05) is 0 Å². The monoisotopic (exact) mass is 175 g/mol. The summed E-state index contributed by atoms with van der Waals surface area (Å²) in [6.45, 7) is 2.08. The third-order valence-corrected chi connectivity index (χ3v) is 1.86. The van der Waals surface area contributed by atoms with Crippen LogP contribution in [0.1, 0.15) is 18.2 Å². The molecule has 3 N–H and O–H groups in total. The van der Waals surface area contributed by atoms with E-state index in [1.54, 1.807) is 6.20 Å². The minimum atomic E-state index is 0.648. The smallest absolute Gasteiger partial charge is 0.0734 e. The van der Waals surface area contributed by atoms with Gasteiger partial charge in [0.05, 0.1) is 5.69 Å². The molecule has 1 aromatic heterocycles. The zero-order chi connectivity index (χ0) is 9.68. The molecule has 0 aliphatic carbocycles. The number of nitrogens with one attached hydrogen (secondary N) is 1. The summed E-state index contributed by atoms with van der Waals surface area (Å²) in [4.78, 5) is 4.13. The molecular weight excluding hydrogens is 162 g/mol. The first-order valence-corrected chi connectivity index (χ1v) is 4.19. The molecule has 0 fully saturated rings. The molecule has 68 valence electrons. The normalized spacial score (nSPS) is 11.3. The van der Waals surface area contributed by atoms with Crippen LogP contribution in [0.5, 0.6) is 0 Å². The molecule has 3 nitrogen and oxygen atoms in total. The van der Waals surface area contributed by atoms with Crippen molar-refractivity contribution in [3.63, 3.8) is 0 Å². The van der Waals surface area contributed by atoms with Crippen molar-refractivity contribution in [2.45, 2.75) is 13.3 Å². The second-order valence-electron chi connectivity index (χ2n) is 2.67. The molecular formula is C10H13N3. The number of allylic oxidation sites excluding steroid dienone is 1. The topological polar surface area (TPSA) is 62.8 Å². The summed E-state index contributed by atoms with van der Waals surface area (Å²) < 4.78 is 0. The molecule has 0 bridgehead atoms. The van der Waals surface area contributed by atoms with E-state index in [1.165, 1.54) is 18.0 Å². The third-order valence-electron chi connectivity index (χ3n) is 1.86. The summed E-state index contributed by atoms with van der Waals surface area (Å²) in [5.74, 6) is 0. The van der Waals surface area contributed by atoms with Crippen LogP contribution in [0.3, 0.4) is 0 Å². The first-order valence-electron chi connectivity index (χ1n) is 4.19. The Labute approximate surface area is 77.8 Å². The molecule has 1 rings (SSSR count). The first kappa shape index (κ1) is 9.45. The lowest BCUT2D eigenvalue weighted by Crippen LogP contribution is -1.95. The van der Waals surface area contributed by atoms with E-state index >= 15 is 0 Å². The summed E-state index contributed by atoms with van der Waals surface area (Å²) in [5.41, 5.74) is 7.96. The fraction of sp³-hybridized carbons (Fsp3) is 0.200. The average Bonchev–Trinajstić information content (AvgIpc) is 2.20. The lowest BCUT2D eigenvalue weighted by molar-refractivity contribution is 1.11. The lowest BCUT2D eigenvalue weighted by atomic mass is 10.1. The maximum Gasteiger partial charge on any atom is 0.0734 e. The van der Waals surface area contributed by atoms with E-state index in [1.807, 2.05) is 12.1 Å². The molecule has 0 aliphatic heterocycles. The van der Waals surface area contributed by atoms with Crippen LogP contribution in [0.25, 0.3) is 5.57 Å². The van der Waals surface area contributed by atoms with Crippen molar-refractivity contribution in [3.05, 3.63) is 35.8 Å². The largest absolute Gasteiger partial charge is 0.404 e. The van der Waals surface area contributed by atoms with Crippen LogP contribution in [0.2, 0.25) is 0 Å². The van der Waals surface area contributed by atoms with Gasteiger partial charge in [-0.2, -0.15) is 0 Å². The maximum absolute atomic E-state index is 7.11. The molecule has 1 aromatic rings. The second kappa shape index (κ2) is 4.40. The van der Waals surface area contributed by atoms with Gasteiger partial charge in [-0.1, -0.05) is 6.92 Å². The van der Waals surface area contributed by atoms with Crippen molar-refractivity contribution >= 4 is 11.8 Å². The molecule has 13 heavy (non-hydrogen) atoms. The number of nitrogens with zero attached hydrogens (tertiary/aromatic N) is 1. The fourth-order valence-electron chi connectivity index (χ4n) is 1.06. The van der Waals surface area contributed by atoms with Crippen LogP contribution < -0.4 is 5.73 Å². The summed E-state index contributed by atoms with van der Waals surface area (Å²) in [6, 6.07) is 3.91. The van der Waals surface area contributed by atoms with Gasteiger partial charge in [-0.05, 0) is 24.1 Å². The van der Waals surface area contributed by atoms with Gasteiger partial charge in [-0.15, -0.1) is 0 Å². The number of hydrogen-bond acceptors (Lipinski definition) is 3. The highest BCUT2D eigenvalue weighted by molar-refractivity contribution is 6.07. The zero-order valence-corrected chi connectivity index (χ0v) is 7.62. The van der Waals surface area contributed by atoms with Crippen molar-refractivity contribution in [1.29, 1.82) is 5.41 Å². The molecule has 3 heteroatoms. The van der Waals surface area contributed by atoms with Crippen molar-refractivity contribution in [3.8, 4) is 0 Å². The highest BCUT2D eigenvalue weighted by atomic mass is 14.7. The molecule has 0 amide bonds. The molecule has 0 radical (unpaired) electrons.